The first kappa shape index (κ1) is 26.9. The van der Waals surface area contributed by atoms with Gasteiger partial charge in [0.15, 0.2) is 11.5 Å². The van der Waals surface area contributed by atoms with Gasteiger partial charge >= 0.3 is 0 Å². The molecule has 0 saturated carbocycles. The minimum absolute atomic E-state index is 0.171. The maximum atomic E-state index is 11.3. The fraction of sp³-hybridized carbons (Fsp3) is 0.250. The second-order valence-corrected chi connectivity index (χ2v) is 9.29. The maximum Gasteiger partial charge on any atom is 0.221 e. The highest BCUT2D eigenvalue weighted by atomic mass is 16.5. The highest BCUT2D eigenvalue weighted by molar-refractivity contribution is 5.76. The van der Waals surface area contributed by atoms with E-state index in [2.05, 4.69) is 82.7 Å². The topological polar surface area (TPSA) is 77.7 Å². The Morgan fingerprint density at radius 1 is 0.868 bits per heavy atom. The lowest BCUT2D eigenvalue weighted by Gasteiger charge is -2.28. The predicted molar refractivity (Wildman–Crippen MR) is 150 cm³/mol. The third kappa shape index (κ3) is 7.92. The van der Waals surface area contributed by atoms with Crippen molar-refractivity contribution in [3.8, 4) is 11.5 Å². The first-order valence-electron chi connectivity index (χ1n) is 12.9. The molecule has 0 aliphatic heterocycles. The molecule has 3 aromatic carbocycles. The number of pyridine rings is 1. The molecule has 38 heavy (non-hydrogen) atoms. The molecule has 0 saturated heterocycles. The van der Waals surface area contributed by atoms with Gasteiger partial charge in [-0.3, -0.25) is 14.7 Å². The quantitative estimate of drug-likeness (QED) is 0.236. The third-order valence-corrected chi connectivity index (χ3v) is 6.48. The molecule has 6 nitrogen and oxygen atoms in total. The van der Waals surface area contributed by atoms with Crippen LogP contribution in [0.3, 0.4) is 0 Å². The molecule has 0 spiro atoms. The Labute approximate surface area is 225 Å². The Balaban J connectivity index is 1.45. The highest BCUT2D eigenvalue weighted by Gasteiger charge is 2.19. The molecule has 196 valence electrons. The van der Waals surface area contributed by atoms with Crippen molar-refractivity contribution in [3.63, 3.8) is 0 Å². The van der Waals surface area contributed by atoms with Gasteiger partial charge in [-0.1, -0.05) is 66.7 Å². The number of nitrogens with two attached hydrogens (primary N) is 1. The summed E-state index contributed by atoms with van der Waals surface area (Å²) in [5.41, 5.74) is 9.96. The molecule has 0 aliphatic rings. The van der Waals surface area contributed by atoms with Crippen molar-refractivity contribution < 1.29 is 14.3 Å². The Morgan fingerprint density at radius 3 is 2.13 bits per heavy atom. The van der Waals surface area contributed by atoms with Gasteiger partial charge in [0.1, 0.15) is 0 Å². The van der Waals surface area contributed by atoms with Crippen LogP contribution in [0.15, 0.2) is 103 Å². The van der Waals surface area contributed by atoms with Gasteiger partial charge in [0.25, 0.3) is 0 Å². The van der Waals surface area contributed by atoms with Crippen LogP contribution < -0.4 is 15.2 Å². The van der Waals surface area contributed by atoms with Crippen LogP contribution in [0.25, 0.3) is 0 Å². The fourth-order valence-electron chi connectivity index (χ4n) is 4.63. The van der Waals surface area contributed by atoms with Gasteiger partial charge in [0.05, 0.1) is 20.1 Å². The van der Waals surface area contributed by atoms with E-state index in [-0.39, 0.29) is 18.2 Å². The van der Waals surface area contributed by atoms with Crippen LogP contribution in [0.1, 0.15) is 34.6 Å². The van der Waals surface area contributed by atoms with Gasteiger partial charge in [-0.05, 0) is 52.9 Å². The molecule has 0 fully saturated rings. The normalized spacial score (nSPS) is 11.0. The Morgan fingerprint density at radius 2 is 1.53 bits per heavy atom. The number of methoxy groups -OCH3 is 1. The van der Waals surface area contributed by atoms with E-state index in [0.717, 1.165) is 31.6 Å². The molecule has 1 amide bonds. The lowest BCUT2D eigenvalue weighted by Crippen LogP contribution is -2.30. The highest BCUT2D eigenvalue weighted by Crippen LogP contribution is 2.29. The average molecular weight is 510 g/mol. The molecule has 1 heterocycles. The molecule has 6 heteroatoms. The lowest BCUT2D eigenvalue weighted by molar-refractivity contribution is -0.117. The standard InChI is InChI=1S/C32H35N3O3/c1-37-31-21-26(22-32(33)36)13-14-30(31)38-20-8-19-35(23-25-15-17-34-18-16-25)24-29(27-9-4-2-5-10-27)28-11-6-3-7-12-28/h2-7,9-18,21,29H,8,19-20,22-24H2,1H3,(H2,33,36). The van der Waals surface area contributed by atoms with E-state index in [4.69, 9.17) is 15.2 Å². The van der Waals surface area contributed by atoms with Gasteiger partial charge < -0.3 is 15.2 Å². The Bertz CT molecular complexity index is 1230. The summed E-state index contributed by atoms with van der Waals surface area (Å²) in [7, 11) is 1.60. The van der Waals surface area contributed by atoms with Crippen LogP contribution in [0.4, 0.5) is 0 Å². The number of benzene rings is 3. The molecule has 4 rings (SSSR count). The SMILES string of the molecule is COc1cc(CC(N)=O)ccc1OCCCN(Cc1ccncc1)CC(c1ccccc1)c1ccccc1. The monoisotopic (exact) mass is 509 g/mol. The maximum absolute atomic E-state index is 11.3. The zero-order valence-corrected chi connectivity index (χ0v) is 21.8. The number of nitrogens with zero attached hydrogens (tertiary/aromatic N) is 2. The molecular formula is C32H35N3O3. The second kappa shape index (κ2) is 14.0. The number of carbonyl (C=O) groups excluding carboxylic acids is 1. The zero-order chi connectivity index (χ0) is 26.6. The van der Waals surface area contributed by atoms with Crippen molar-refractivity contribution in [1.29, 1.82) is 0 Å². The lowest BCUT2D eigenvalue weighted by atomic mass is 9.90. The number of amides is 1. The Hall–Kier alpha value is -4.16. The van der Waals surface area contributed by atoms with Gasteiger partial charge in [-0.25, -0.2) is 0 Å². The smallest absolute Gasteiger partial charge is 0.221 e. The van der Waals surface area contributed by atoms with Crippen molar-refractivity contribution in [2.24, 2.45) is 5.73 Å². The van der Waals surface area contributed by atoms with E-state index in [1.54, 1.807) is 13.2 Å². The minimum atomic E-state index is -0.376. The van der Waals surface area contributed by atoms with E-state index in [1.165, 1.54) is 16.7 Å². The molecular weight excluding hydrogens is 474 g/mol. The van der Waals surface area contributed by atoms with Crippen LogP contribution in [0.5, 0.6) is 11.5 Å². The summed E-state index contributed by atoms with van der Waals surface area (Å²) in [6, 6.07) is 31.0. The number of ether oxygens (including phenoxy) is 2. The van der Waals surface area contributed by atoms with Crippen molar-refractivity contribution in [2.75, 3.05) is 26.8 Å². The number of hydrogen-bond donors (Lipinski definition) is 1. The molecule has 0 bridgehead atoms. The fourth-order valence-corrected chi connectivity index (χ4v) is 4.63. The van der Waals surface area contributed by atoms with Crippen LogP contribution >= 0.6 is 0 Å². The van der Waals surface area contributed by atoms with E-state index in [0.29, 0.717) is 18.1 Å². The first-order valence-corrected chi connectivity index (χ1v) is 12.9. The van der Waals surface area contributed by atoms with Crippen molar-refractivity contribution in [1.82, 2.24) is 9.88 Å². The zero-order valence-electron chi connectivity index (χ0n) is 21.8. The van der Waals surface area contributed by atoms with E-state index >= 15 is 0 Å². The summed E-state index contributed by atoms with van der Waals surface area (Å²) in [5.74, 6) is 1.14. The molecule has 2 N–H and O–H groups in total. The Kier molecular flexibility index (Phi) is 9.88. The first-order chi connectivity index (χ1) is 18.6. The summed E-state index contributed by atoms with van der Waals surface area (Å²) >= 11 is 0. The van der Waals surface area contributed by atoms with Crippen molar-refractivity contribution >= 4 is 5.91 Å². The summed E-state index contributed by atoms with van der Waals surface area (Å²) in [5, 5.41) is 0. The summed E-state index contributed by atoms with van der Waals surface area (Å²) < 4.78 is 11.6. The van der Waals surface area contributed by atoms with Gasteiger partial charge in [-0.2, -0.15) is 0 Å². The second-order valence-electron chi connectivity index (χ2n) is 9.29. The average Bonchev–Trinajstić information content (AvgIpc) is 2.95. The van der Waals surface area contributed by atoms with Gasteiger partial charge in [-0.15, -0.1) is 0 Å². The van der Waals surface area contributed by atoms with Crippen LogP contribution in [-0.4, -0.2) is 42.6 Å². The summed E-state index contributed by atoms with van der Waals surface area (Å²) in [6.45, 7) is 3.10. The number of carbonyl (C=O) groups is 1. The summed E-state index contributed by atoms with van der Waals surface area (Å²) in [4.78, 5) is 17.9. The molecule has 4 aromatic rings. The number of rotatable bonds is 14. The molecule has 1 aromatic heterocycles. The third-order valence-electron chi connectivity index (χ3n) is 6.48. The van der Waals surface area contributed by atoms with E-state index in [9.17, 15) is 4.79 Å². The van der Waals surface area contributed by atoms with Gasteiger partial charge in [0.2, 0.25) is 5.91 Å². The van der Waals surface area contributed by atoms with E-state index < -0.39 is 0 Å². The van der Waals surface area contributed by atoms with Crippen LogP contribution in [0, 0.1) is 0 Å². The van der Waals surface area contributed by atoms with E-state index in [1.807, 2.05) is 24.5 Å². The molecule has 0 atom stereocenters. The number of primary amides is 1. The summed E-state index contributed by atoms with van der Waals surface area (Å²) in [6.07, 6.45) is 4.70. The molecule has 0 unspecified atom stereocenters. The predicted octanol–water partition coefficient (Wildman–Crippen LogP) is 5.22. The van der Waals surface area contributed by atoms with Crippen LogP contribution in [-0.2, 0) is 17.8 Å². The van der Waals surface area contributed by atoms with Crippen molar-refractivity contribution in [3.05, 3.63) is 126 Å². The molecule has 0 aliphatic carbocycles. The number of hydrogen-bond acceptors (Lipinski definition) is 5. The largest absolute Gasteiger partial charge is 0.493 e. The van der Waals surface area contributed by atoms with Crippen LogP contribution in [0.2, 0.25) is 0 Å². The van der Waals surface area contributed by atoms with Gasteiger partial charge in [0, 0.05) is 37.9 Å². The molecule has 0 radical (unpaired) electrons. The van der Waals surface area contributed by atoms with Crippen molar-refractivity contribution in [2.45, 2.75) is 25.3 Å². The minimum Gasteiger partial charge on any atom is -0.493 e. The number of aromatic nitrogens is 1.